The molecule has 0 amide bonds. The lowest BCUT2D eigenvalue weighted by Crippen LogP contribution is -2.24. The second-order valence-electron chi connectivity index (χ2n) is 4.44. The van der Waals surface area contributed by atoms with Gasteiger partial charge in [-0.05, 0) is 56.9 Å². The zero-order valence-electron chi connectivity index (χ0n) is 9.78. The number of hydrogen-bond acceptors (Lipinski definition) is 3. The fourth-order valence-corrected chi connectivity index (χ4v) is 1.71. The zero-order valence-corrected chi connectivity index (χ0v) is 9.78. The molecule has 0 bridgehead atoms. The van der Waals surface area contributed by atoms with Gasteiger partial charge in [-0.25, -0.2) is 0 Å². The number of aromatic nitrogens is 1. The monoisotopic (exact) mass is 219 g/mol. The molecule has 0 saturated heterocycles. The first-order chi connectivity index (χ1) is 7.95. The Balaban J connectivity index is 1.42. The van der Waals surface area contributed by atoms with Crippen LogP contribution in [0.4, 0.5) is 0 Å². The van der Waals surface area contributed by atoms with E-state index in [9.17, 15) is 0 Å². The third-order valence-electron chi connectivity index (χ3n) is 2.85. The highest BCUT2D eigenvalue weighted by atomic mass is 14.9. The van der Waals surface area contributed by atoms with E-state index in [1.165, 1.54) is 24.8 Å². The smallest absolute Gasteiger partial charge is 0.0300 e. The zero-order chi connectivity index (χ0) is 11.1. The molecule has 0 atom stereocenters. The van der Waals surface area contributed by atoms with E-state index in [1.54, 1.807) is 0 Å². The Kier molecular flexibility index (Phi) is 4.77. The van der Waals surface area contributed by atoms with Gasteiger partial charge in [0.1, 0.15) is 0 Å². The third-order valence-corrected chi connectivity index (χ3v) is 2.85. The lowest BCUT2D eigenvalue weighted by molar-refractivity contribution is 0.593. The fourth-order valence-electron chi connectivity index (χ4n) is 1.71. The van der Waals surface area contributed by atoms with E-state index in [-0.39, 0.29) is 0 Å². The summed E-state index contributed by atoms with van der Waals surface area (Å²) in [6, 6.07) is 4.97. The van der Waals surface area contributed by atoms with Crippen molar-refractivity contribution >= 4 is 0 Å². The summed E-state index contributed by atoms with van der Waals surface area (Å²) < 4.78 is 0. The number of pyridine rings is 1. The van der Waals surface area contributed by atoms with Gasteiger partial charge in [0, 0.05) is 18.4 Å². The molecule has 0 unspecified atom stereocenters. The lowest BCUT2D eigenvalue weighted by atomic mass is 10.2. The van der Waals surface area contributed by atoms with Gasteiger partial charge in [-0.2, -0.15) is 0 Å². The standard InChI is InChI=1S/C13H21N3/c1-3-12(11-15-7-1)6-10-14-8-2-9-16-13-4-5-13/h1,3,7,11,13-14,16H,2,4-6,8-10H2. The first-order valence-electron chi connectivity index (χ1n) is 6.28. The molecule has 3 nitrogen and oxygen atoms in total. The molecular weight excluding hydrogens is 198 g/mol. The highest BCUT2D eigenvalue weighted by Crippen LogP contribution is 2.18. The van der Waals surface area contributed by atoms with Gasteiger partial charge in [0.05, 0.1) is 0 Å². The molecule has 1 aliphatic carbocycles. The summed E-state index contributed by atoms with van der Waals surface area (Å²) in [7, 11) is 0. The van der Waals surface area contributed by atoms with Gasteiger partial charge < -0.3 is 10.6 Å². The van der Waals surface area contributed by atoms with Crippen molar-refractivity contribution < 1.29 is 0 Å². The first-order valence-corrected chi connectivity index (χ1v) is 6.28. The normalized spacial score (nSPS) is 15.2. The average Bonchev–Trinajstić information content (AvgIpc) is 3.13. The Labute approximate surface area is 97.7 Å². The highest BCUT2D eigenvalue weighted by Gasteiger charge is 2.19. The van der Waals surface area contributed by atoms with Crippen LogP contribution in [0, 0.1) is 0 Å². The molecule has 1 aliphatic rings. The molecule has 0 aliphatic heterocycles. The minimum Gasteiger partial charge on any atom is -0.316 e. The van der Waals surface area contributed by atoms with E-state index in [0.717, 1.165) is 32.1 Å². The molecule has 0 aromatic carbocycles. The summed E-state index contributed by atoms with van der Waals surface area (Å²) in [4.78, 5) is 4.10. The van der Waals surface area contributed by atoms with Crippen molar-refractivity contribution in [1.82, 2.24) is 15.6 Å². The molecule has 1 fully saturated rings. The van der Waals surface area contributed by atoms with Crippen molar-refractivity contribution in [1.29, 1.82) is 0 Å². The molecule has 0 spiro atoms. The molecule has 1 aromatic rings. The van der Waals surface area contributed by atoms with Crippen LogP contribution in [0.25, 0.3) is 0 Å². The maximum absolute atomic E-state index is 4.10. The van der Waals surface area contributed by atoms with Crippen LogP contribution in [0.15, 0.2) is 24.5 Å². The molecular formula is C13H21N3. The average molecular weight is 219 g/mol. The van der Waals surface area contributed by atoms with Crippen molar-refractivity contribution in [3.05, 3.63) is 30.1 Å². The summed E-state index contributed by atoms with van der Waals surface area (Å²) in [6.07, 6.45) is 8.83. The van der Waals surface area contributed by atoms with Gasteiger partial charge in [-0.1, -0.05) is 6.07 Å². The van der Waals surface area contributed by atoms with E-state index >= 15 is 0 Å². The molecule has 3 heteroatoms. The third kappa shape index (κ3) is 4.73. The molecule has 2 N–H and O–H groups in total. The van der Waals surface area contributed by atoms with Crippen LogP contribution < -0.4 is 10.6 Å². The van der Waals surface area contributed by atoms with Crippen molar-refractivity contribution in [3.63, 3.8) is 0 Å². The van der Waals surface area contributed by atoms with Crippen LogP contribution >= 0.6 is 0 Å². The van der Waals surface area contributed by atoms with Crippen LogP contribution in [0.1, 0.15) is 24.8 Å². The minimum atomic E-state index is 0.843. The molecule has 0 radical (unpaired) electrons. The molecule has 1 heterocycles. The molecule has 16 heavy (non-hydrogen) atoms. The SMILES string of the molecule is c1cncc(CCNCCCNC2CC2)c1. The van der Waals surface area contributed by atoms with Crippen molar-refractivity contribution in [2.24, 2.45) is 0 Å². The van der Waals surface area contributed by atoms with Crippen LogP contribution in [0.5, 0.6) is 0 Å². The fraction of sp³-hybridized carbons (Fsp3) is 0.615. The van der Waals surface area contributed by atoms with Gasteiger partial charge >= 0.3 is 0 Å². The second kappa shape index (κ2) is 6.61. The number of nitrogens with zero attached hydrogens (tertiary/aromatic N) is 1. The summed E-state index contributed by atoms with van der Waals surface area (Å²) in [5, 5.41) is 6.98. The quantitative estimate of drug-likeness (QED) is 0.648. The van der Waals surface area contributed by atoms with Gasteiger partial charge in [0.15, 0.2) is 0 Å². The largest absolute Gasteiger partial charge is 0.316 e. The van der Waals surface area contributed by atoms with E-state index < -0.39 is 0 Å². The van der Waals surface area contributed by atoms with Gasteiger partial charge in [-0.3, -0.25) is 4.98 Å². The van der Waals surface area contributed by atoms with E-state index in [1.807, 2.05) is 18.5 Å². The predicted molar refractivity (Wildman–Crippen MR) is 66.5 cm³/mol. The Morgan fingerprint density at radius 3 is 2.94 bits per heavy atom. The van der Waals surface area contributed by atoms with Crippen LogP contribution in [0.3, 0.4) is 0 Å². The Morgan fingerprint density at radius 2 is 2.19 bits per heavy atom. The molecule has 88 valence electrons. The summed E-state index contributed by atoms with van der Waals surface area (Å²) in [5.74, 6) is 0. The van der Waals surface area contributed by atoms with E-state index in [0.29, 0.717) is 0 Å². The number of nitrogens with one attached hydrogen (secondary N) is 2. The Bertz CT molecular complexity index is 282. The molecule has 2 rings (SSSR count). The van der Waals surface area contributed by atoms with Crippen LogP contribution in [0.2, 0.25) is 0 Å². The van der Waals surface area contributed by atoms with Crippen LogP contribution in [-0.4, -0.2) is 30.7 Å². The first kappa shape index (κ1) is 11.6. The maximum atomic E-state index is 4.10. The highest BCUT2D eigenvalue weighted by molar-refractivity contribution is 5.08. The van der Waals surface area contributed by atoms with E-state index in [4.69, 9.17) is 0 Å². The lowest BCUT2D eigenvalue weighted by Gasteiger charge is -2.05. The molecule has 1 aromatic heterocycles. The van der Waals surface area contributed by atoms with Crippen molar-refractivity contribution in [3.8, 4) is 0 Å². The van der Waals surface area contributed by atoms with Crippen molar-refractivity contribution in [2.75, 3.05) is 19.6 Å². The summed E-state index contributed by atoms with van der Waals surface area (Å²) >= 11 is 0. The Morgan fingerprint density at radius 1 is 1.25 bits per heavy atom. The molecule has 1 saturated carbocycles. The maximum Gasteiger partial charge on any atom is 0.0300 e. The van der Waals surface area contributed by atoms with Crippen molar-refractivity contribution in [2.45, 2.75) is 31.7 Å². The van der Waals surface area contributed by atoms with Gasteiger partial charge in [0.2, 0.25) is 0 Å². The topological polar surface area (TPSA) is 37.0 Å². The summed E-state index contributed by atoms with van der Waals surface area (Å²) in [5.41, 5.74) is 1.31. The second-order valence-corrected chi connectivity index (χ2v) is 4.44. The number of rotatable bonds is 8. The van der Waals surface area contributed by atoms with Crippen LogP contribution in [-0.2, 0) is 6.42 Å². The Hall–Kier alpha value is -0.930. The number of hydrogen-bond donors (Lipinski definition) is 2. The predicted octanol–water partition coefficient (Wildman–Crippen LogP) is 1.36. The minimum absolute atomic E-state index is 0.843. The van der Waals surface area contributed by atoms with Gasteiger partial charge in [0.25, 0.3) is 0 Å². The van der Waals surface area contributed by atoms with Gasteiger partial charge in [-0.15, -0.1) is 0 Å². The van der Waals surface area contributed by atoms with E-state index in [2.05, 4.69) is 21.7 Å². The summed E-state index contributed by atoms with van der Waals surface area (Å²) in [6.45, 7) is 3.32.